The fourth-order valence-electron chi connectivity index (χ4n) is 0.912. The standard InChI is InChI=1S/C7H13N3/c1-3-6-5-10(4-2)9-7(6)8/h5H,3-4H2,1-2H3,(H2,8,9). The Morgan fingerprint density at radius 2 is 2.30 bits per heavy atom. The van der Waals surface area contributed by atoms with Crippen LogP contribution in [0.1, 0.15) is 19.4 Å². The van der Waals surface area contributed by atoms with Crippen molar-refractivity contribution < 1.29 is 0 Å². The zero-order valence-electron chi connectivity index (χ0n) is 6.46. The van der Waals surface area contributed by atoms with Crippen molar-refractivity contribution >= 4 is 5.82 Å². The molecule has 0 spiro atoms. The quantitative estimate of drug-likeness (QED) is 0.665. The summed E-state index contributed by atoms with van der Waals surface area (Å²) in [5, 5.41) is 4.09. The molecule has 56 valence electrons. The minimum absolute atomic E-state index is 0.671. The number of nitrogen functional groups attached to an aromatic ring is 1. The SMILES string of the molecule is CCc1cn(CC)nc1N. The van der Waals surface area contributed by atoms with Gasteiger partial charge in [-0.2, -0.15) is 5.10 Å². The van der Waals surface area contributed by atoms with Crippen LogP contribution in [-0.2, 0) is 13.0 Å². The Morgan fingerprint density at radius 3 is 2.60 bits per heavy atom. The number of aromatic nitrogens is 2. The number of rotatable bonds is 2. The van der Waals surface area contributed by atoms with Crippen LogP contribution >= 0.6 is 0 Å². The Hall–Kier alpha value is -0.990. The van der Waals surface area contributed by atoms with E-state index in [1.165, 1.54) is 0 Å². The normalized spacial score (nSPS) is 10.2. The van der Waals surface area contributed by atoms with E-state index < -0.39 is 0 Å². The highest BCUT2D eigenvalue weighted by molar-refractivity contribution is 5.36. The third kappa shape index (κ3) is 1.12. The summed E-state index contributed by atoms with van der Waals surface area (Å²) in [5.74, 6) is 0.671. The van der Waals surface area contributed by atoms with Crippen LogP contribution in [0.15, 0.2) is 6.20 Å². The highest BCUT2D eigenvalue weighted by Crippen LogP contribution is 2.08. The van der Waals surface area contributed by atoms with Crippen LogP contribution in [0.2, 0.25) is 0 Å². The molecule has 1 aromatic rings. The van der Waals surface area contributed by atoms with Gasteiger partial charge in [-0.15, -0.1) is 0 Å². The maximum absolute atomic E-state index is 5.60. The summed E-state index contributed by atoms with van der Waals surface area (Å²) < 4.78 is 1.86. The summed E-state index contributed by atoms with van der Waals surface area (Å²) in [4.78, 5) is 0. The molecular formula is C7H13N3. The Kier molecular flexibility index (Phi) is 1.94. The third-order valence-corrected chi connectivity index (χ3v) is 1.57. The molecule has 0 aliphatic heterocycles. The predicted octanol–water partition coefficient (Wildman–Crippen LogP) is 1.05. The Bertz CT molecular complexity index is 215. The molecule has 1 heterocycles. The molecule has 0 saturated carbocycles. The molecule has 3 nitrogen and oxygen atoms in total. The van der Waals surface area contributed by atoms with Gasteiger partial charge in [0.15, 0.2) is 0 Å². The second-order valence-electron chi connectivity index (χ2n) is 2.25. The molecule has 3 heteroatoms. The first kappa shape index (κ1) is 7.12. The highest BCUT2D eigenvalue weighted by Gasteiger charge is 2.00. The summed E-state index contributed by atoms with van der Waals surface area (Å²) in [6, 6.07) is 0. The number of nitrogens with zero attached hydrogens (tertiary/aromatic N) is 2. The monoisotopic (exact) mass is 139 g/mol. The van der Waals surface area contributed by atoms with Gasteiger partial charge in [0.25, 0.3) is 0 Å². The van der Waals surface area contributed by atoms with E-state index in [0.717, 1.165) is 18.5 Å². The van der Waals surface area contributed by atoms with E-state index in [0.29, 0.717) is 5.82 Å². The van der Waals surface area contributed by atoms with Gasteiger partial charge in [-0.3, -0.25) is 4.68 Å². The van der Waals surface area contributed by atoms with Crippen molar-refractivity contribution in [2.45, 2.75) is 26.8 Å². The fourth-order valence-corrected chi connectivity index (χ4v) is 0.912. The van der Waals surface area contributed by atoms with Crippen molar-refractivity contribution in [1.82, 2.24) is 9.78 Å². The van der Waals surface area contributed by atoms with Crippen molar-refractivity contribution in [2.24, 2.45) is 0 Å². The molecule has 0 saturated heterocycles. The van der Waals surface area contributed by atoms with Crippen LogP contribution in [0.4, 0.5) is 5.82 Å². The lowest BCUT2D eigenvalue weighted by atomic mass is 10.3. The van der Waals surface area contributed by atoms with Crippen molar-refractivity contribution in [3.05, 3.63) is 11.8 Å². The van der Waals surface area contributed by atoms with Gasteiger partial charge in [0.1, 0.15) is 5.82 Å². The van der Waals surface area contributed by atoms with Crippen molar-refractivity contribution in [3.63, 3.8) is 0 Å². The predicted molar refractivity (Wildman–Crippen MR) is 41.7 cm³/mol. The Balaban J connectivity index is 2.92. The van der Waals surface area contributed by atoms with E-state index >= 15 is 0 Å². The number of anilines is 1. The van der Waals surface area contributed by atoms with Gasteiger partial charge in [-0.05, 0) is 13.3 Å². The van der Waals surface area contributed by atoms with E-state index in [2.05, 4.69) is 12.0 Å². The molecule has 0 fully saturated rings. The van der Waals surface area contributed by atoms with Crippen LogP contribution in [0, 0.1) is 0 Å². The molecule has 0 aliphatic carbocycles. The molecule has 0 bridgehead atoms. The van der Waals surface area contributed by atoms with Gasteiger partial charge in [0.05, 0.1) is 0 Å². The number of hydrogen-bond donors (Lipinski definition) is 1. The van der Waals surface area contributed by atoms with Crippen LogP contribution < -0.4 is 5.73 Å². The number of hydrogen-bond acceptors (Lipinski definition) is 2. The second kappa shape index (κ2) is 2.73. The molecule has 2 N–H and O–H groups in total. The minimum atomic E-state index is 0.671. The van der Waals surface area contributed by atoms with Gasteiger partial charge >= 0.3 is 0 Å². The Morgan fingerprint density at radius 1 is 1.60 bits per heavy atom. The summed E-state index contributed by atoms with van der Waals surface area (Å²) in [7, 11) is 0. The van der Waals surface area contributed by atoms with E-state index in [1.807, 2.05) is 17.8 Å². The fraction of sp³-hybridized carbons (Fsp3) is 0.571. The molecule has 1 rings (SSSR count). The van der Waals surface area contributed by atoms with Gasteiger partial charge in [0, 0.05) is 18.3 Å². The highest BCUT2D eigenvalue weighted by atomic mass is 15.3. The minimum Gasteiger partial charge on any atom is -0.382 e. The molecule has 0 atom stereocenters. The first-order chi connectivity index (χ1) is 4.77. The van der Waals surface area contributed by atoms with Crippen molar-refractivity contribution in [3.8, 4) is 0 Å². The zero-order chi connectivity index (χ0) is 7.56. The van der Waals surface area contributed by atoms with Gasteiger partial charge < -0.3 is 5.73 Å². The molecule has 0 unspecified atom stereocenters. The molecule has 0 radical (unpaired) electrons. The summed E-state index contributed by atoms with van der Waals surface area (Å²) >= 11 is 0. The maximum Gasteiger partial charge on any atom is 0.148 e. The van der Waals surface area contributed by atoms with E-state index in [1.54, 1.807) is 0 Å². The van der Waals surface area contributed by atoms with Crippen LogP contribution in [-0.4, -0.2) is 9.78 Å². The molecule has 0 aromatic carbocycles. The topological polar surface area (TPSA) is 43.8 Å². The first-order valence-electron chi connectivity index (χ1n) is 3.59. The first-order valence-corrected chi connectivity index (χ1v) is 3.59. The van der Waals surface area contributed by atoms with E-state index in [4.69, 9.17) is 5.73 Å². The summed E-state index contributed by atoms with van der Waals surface area (Å²) in [5.41, 5.74) is 6.74. The second-order valence-corrected chi connectivity index (χ2v) is 2.25. The lowest BCUT2D eigenvalue weighted by Crippen LogP contribution is -1.95. The molecular weight excluding hydrogens is 126 g/mol. The third-order valence-electron chi connectivity index (χ3n) is 1.57. The van der Waals surface area contributed by atoms with Gasteiger partial charge in [0.2, 0.25) is 0 Å². The smallest absolute Gasteiger partial charge is 0.148 e. The van der Waals surface area contributed by atoms with Crippen molar-refractivity contribution in [2.75, 3.05) is 5.73 Å². The number of aryl methyl sites for hydroxylation is 2. The van der Waals surface area contributed by atoms with Crippen LogP contribution in [0.5, 0.6) is 0 Å². The number of nitrogens with two attached hydrogens (primary N) is 1. The van der Waals surface area contributed by atoms with Crippen LogP contribution in [0.3, 0.4) is 0 Å². The average molecular weight is 139 g/mol. The lowest BCUT2D eigenvalue weighted by molar-refractivity contribution is 0.662. The van der Waals surface area contributed by atoms with Crippen molar-refractivity contribution in [1.29, 1.82) is 0 Å². The summed E-state index contributed by atoms with van der Waals surface area (Å²) in [6.45, 7) is 5.02. The van der Waals surface area contributed by atoms with E-state index in [-0.39, 0.29) is 0 Å². The maximum atomic E-state index is 5.60. The van der Waals surface area contributed by atoms with E-state index in [9.17, 15) is 0 Å². The van der Waals surface area contributed by atoms with Gasteiger partial charge in [-0.1, -0.05) is 6.92 Å². The molecule has 1 aromatic heterocycles. The van der Waals surface area contributed by atoms with Gasteiger partial charge in [-0.25, -0.2) is 0 Å². The largest absolute Gasteiger partial charge is 0.382 e. The molecule has 0 aliphatic rings. The lowest BCUT2D eigenvalue weighted by Gasteiger charge is -1.88. The zero-order valence-corrected chi connectivity index (χ0v) is 6.46. The molecule has 0 amide bonds. The molecule has 10 heavy (non-hydrogen) atoms. The Labute approximate surface area is 60.8 Å². The summed E-state index contributed by atoms with van der Waals surface area (Å²) in [6.07, 6.45) is 2.96. The average Bonchev–Trinajstić information content (AvgIpc) is 2.30. The van der Waals surface area contributed by atoms with Crippen LogP contribution in [0.25, 0.3) is 0 Å².